The highest BCUT2D eigenvalue weighted by molar-refractivity contribution is 6.19. The minimum absolute atomic E-state index is 1.28. The zero-order chi connectivity index (χ0) is 18.5. The average molecular weight is 346 g/mol. The van der Waals surface area contributed by atoms with Crippen LogP contribution in [-0.4, -0.2) is 0 Å². The molecule has 0 aliphatic rings. The highest BCUT2D eigenvalue weighted by Crippen LogP contribution is 2.36. The first kappa shape index (κ1) is 16.1. The van der Waals surface area contributed by atoms with Gasteiger partial charge in [-0.15, -0.1) is 0 Å². The third-order valence-electron chi connectivity index (χ3n) is 5.74. The van der Waals surface area contributed by atoms with Crippen LogP contribution >= 0.6 is 0 Å². The van der Waals surface area contributed by atoms with Gasteiger partial charge in [0.25, 0.3) is 0 Å². The van der Waals surface area contributed by atoms with E-state index in [1.807, 2.05) is 0 Å². The lowest BCUT2D eigenvalue weighted by atomic mass is 9.90. The van der Waals surface area contributed by atoms with E-state index < -0.39 is 0 Å². The van der Waals surface area contributed by atoms with Crippen LogP contribution in [0.1, 0.15) is 16.7 Å². The third-order valence-corrected chi connectivity index (χ3v) is 5.74. The summed E-state index contributed by atoms with van der Waals surface area (Å²) in [5.41, 5.74) is 6.54. The summed E-state index contributed by atoms with van der Waals surface area (Å²) in [4.78, 5) is 0. The van der Waals surface area contributed by atoms with E-state index in [2.05, 4.69) is 99.6 Å². The molecule has 0 radical (unpaired) electrons. The van der Waals surface area contributed by atoms with Crippen molar-refractivity contribution in [3.8, 4) is 11.1 Å². The Balaban J connectivity index is 1.86. The molecule has 130 valence electrons. The summed E-state index contributed by atoms with van der Waals surface area (Å²) in [7, 11) is 0. The van der Waals surface area contributed by atoms with Crippen LogP contribution in [0.4, 0.5) is 0 Å². The van der Waals surface area contributed by atoms with Crippen molar-refractivity contribution < 1.29 is 0 Å². The minimum Gasteiger partial charge on any atom is -0.0616 e. The van der Waals surface area contributed by atoms with Gasteiger partial charge in [-0.1, -0.05) is 78.4 Å². The van der Waals surface area contributed by atoms with Gasteiger partial charge in [0.05, 0.1) is 0 Å². The minimum atomic E-state index is 1.28. The van der Waals surface area contributed by atoms with Crippen molar-refractivity contribution in [2.75, 3.05) is 0 Å². The molecule has 5 aromatic rings. The lowest BCUT2D eigenvalue weighted by Crippen LogP contribution is -1.88. The summed E-state index contributed by atoms with van der Waals surface area (Å²) in [6, 6.07) is 29.1. The summed E-state index contributed by atoms with van der Waals surface area (Å²) >= 11 is 0. The fourth-order valence-electron chi connectivity index (χ4n) is 4.36. The predicted octanol–water partition coefficient (Wildman–Crippen LogP) is 7.74. The lowest BCUT2D eigenvalue weighted by molar-refractivity contribution is 1.47. The van der Waals surface area contributed by atoms with Crippen LogP contribution in [0.15, 0.2) is 78.9 Å². The molecule has 0 aliphatic heterocycles. The number of benzene rings is 5. The van der Waals surface area contributed by atoms with Crippen LogP contribution in [0.2, 0.25) is 0 Å². The van der Waals surface area contributed by atoms with Gasteiger partial charge in [0.15, 0.2) is 0 Å². The van der Waals surface area contributed by atoms with Crippen LogP contribution in [0, 0.1) is 20.8 Å². The number of rotatable bonds is 1. The molecule has 5 rings (SSSR count). The third kappa shape index (κ3) is 2.52. The number of aryl methyl sites for hydroxylation is 3. The largest absolute Gasteiger partial charge is 0.0616 e. The Hall–Kier alpha value is -3.12. The lowest BCUT2D eigenvalue weighted by Gasteiger charge is -2.14. The van der Waals surface area contributed by atoms with E-state index in [1.54, 1.807) is 0 Å². The van der Waals surface area contributed by atoms with E-state index in [9.17, 15) is 0 Å². The van der Waals surface area contributed by atoms with E-state index >= 15 is 0 Å². The van der Waals surface area contributed by atoms with Crippen LogP contribution < -0.4 is 0 Å². The first-order valence-corrected chi connectivity index (χ1v) is 9.54. The molecule has 0 spiro atoms. The first-order valence-electron chi connectivity index (χ1n) is 9.54. The molecule has 0 atom stereocenters. The molecule has 0 bridgehead atoms. The summed E-state index contributed by atoms with van der Waals surface area (Å²) in [5.74, 6) is 0. The maximum absolute atomic E-state index is 2.36. The van der Waals surface area contributed by atoms with Crippen molar-refractivity contribution in [3.63, 3.8) is 0 Å². The maximum atomic E-state index is 2.36. The highest BCUT2D eigenvalue weighted by atomic mass is 14.1. The second-order valence-electron chi connectivity index (χ2n) is 7.66. The Labute approximate surface area is 160 Å². The Kier molecular flexibility index (Phi) is 3.55. The molecule has 0 saturated carbocycles. The maximum Gasteiger partial charge on any atom is -0.00961 e. The summed E-state index contributed by atoms with van der Waals surface area (Å²) in [6.45, 7) is 6.60. The zero-order valence-electron chi connectivity index (χ0n) is 16.0. The topological polar surface area (TPSA) is 0 Å². The van der Waals surface area contributed by atoms with Crippen molar-refractivity contribution in [3.05, 3.63) is 95.6 Å². The van der Waals surface area contributed by atoms with E-state index in [1.165, 1.54) is 60.1 Å². The van der Waals surface area contributed by atoms with Gasteiger partial charge < -0.3 is 0 Å². The Morgan fingerprint density at radius 3 is 1.78 bits per heavy atom. The standard InChI is InChI=1S/C27H22/c1-17-7-6-8-20(13-17)21-11-12-24-25(16-21)19(3)15-26-23-10-5-4-9-22(23)18(2)14-27(24)26/h4-16H,1-3H3. The van der Waals surface area contributed by atoms with Gasteiger partial charge in [0.1, 0.15) is 0 Å². The molecule has 5 aromatic carbocycles. The van der Waals surface area contributed by atoms with E-state index in [-0.39, 0.29) is 0 Å². The SMILES string of the molecule is Cc1cccc(-c2ccc3c(c2)c(C)cc2c4ccccc4c(C)cc32)c1. The van der Waals surface area contributed by atoms with Crippen molar-refractivity contribution >= 4 is 32.3 Å². The van der Waals surface area contributed by atoms with Crippen molar-refractivity contribution in [1.29, 1.82) is 0 Å². The van der Waals surface area contributed by atoms with E-state index in [4.69, 9.17) is 0 Å². The quantitative estimate of drug-likeness (QED) is 0.272. The average Bonchev–Trinajstić information content (AvgIpc) is 2.69. The molecule has 27 heavy (non-hydrogen) atoms. The van der Waals surface area contributed by atoms with Gasteiger partial charge in [-0.05, 0) is 81.4 Å². The fraction of sp³-hybridized carbons (Fsp3) is 0.111. The van der Waals surface area contributed by atoms with Gasteiger partial charge in [-0.2, -0.15) is 0 Å². The number of fused-ring (bicyclic) bond motifs is 5. The van der Waals surface area contributed by atoms with Gasteiger partial charge in [0.2, 0.25) is 0 Å². The Morgan fingerprint density at radius 1 is 0.407 bits per heavy atom. The summed E-state index contributed by atoms with van der Waals surface area (Å²) in [6.07, 6.45) is 0. The zero-order valence-corrected chi connectivity index (χ0v) is 16.0. The monoisotopic (exact) mass is 346 g/mol. The molecule has 0 nitrogen and oxygen atoms in total. The van der Waals surface area contributed by atoms with Crippen LogP contribution in [-0.2, 0) is 0 Å². The highest BCUT2D eigenvalue weighted by Gasteiger charge is 2.10. The predicted molar refractivity (Wildman–Crippen MR) is 119 cm³/mol. The van der Waals surface area contributed by atoms with Gasteiger partial charge in [0, 0.05) is 0 Å². The van der Waals surface area contributed by atoms with Crippen LogP contribution in [0.5, 0.6) is 0 Å². The Bertz CT molecular complexity index is 1340. The molecule has 0 unspecified atom stereocenters. The normalized spacial score (nSPS) is 11.5. The number of hydrogen-bond acceptors (Lipinski definition) is 0. The summed E-state index contributed by atoms with van der Waals surface area (Å²) < 4.78 is 0. The van der Waals surface area contributed by atoms with Crippen molar-refractivity contribution in [2.45, 2.75) is 20.8 Å². The molecule has 0 fully saturated rings. The molecule has 0 aliphatic carbocycles. The molecule has 0 saturated heterocycles. The molecule has 0 heterocycles. The van der Waals surface area contributed by atoms with Crippen LogP contribution in [0.3, 0.4) is 0 Å². The van der Waals surface area contributed by atoms with Crippen molar-refractivity contribution in [2.24, 2.45) is 0 Å². The smallest absolute Gasteiger partial charge is 0.00961 e. The molecular formula is C27H22. The molecular weight excluding hydrogens is 324 g/mol. The van der Waals surface area contributed by atoms with Gasteiger partial charge in [-0.25, -0.2) is 0 Å². The fourth-order valence-corrected chi connectivity index (χ4v) is 4.36. The number of hydrogen-bond donors (Lipinski definition) is 0. The van der Waals surface area contributed by atoms with Gasteiger partial charge >= 0.3 is 0 Å². The second kappa shape index (κ2) is 5.96. The first-order chi connectivity index (χ1) is 13.1. The second-order valence-corrected chi connectivity index (χ2v) is 7.66. The molecule has 0 heteroatoms. The Morgan fingerprint density at radius 2 is 1.04 bits per heavy atom. The van der Waals surface area contributed by atoms with Crippen LogP contribution in [0.25, 0.3) is 43.4 Å². The summed E-state index contributed by atoms with van der Waals surface area (Å²) in [5, 5.41) is 8.08. The van der Waals surface area contributed by atoms with Crippen molar-refractivity contribution in [1.82, 2.24) is 0 Å². The van der Waals surface area contributed by atoms with Gasteiger partial charge in [-0.3, -0.25) is 0 Å². The van der Waals surface area contributed by atoms with E-state index in [0.29, 0.717) is 0 Å². The van der Waals surface area contributed by atoms with E-state index in [0.717, 1.165) is 0 Å². The molecule has 0 N–H and O–H groups in total. The molecule has 0 amide bonds. The molecule has 0 aromatic heterocycles.